The number of nitrogens with zero attached hydrogens (tertiary/aromatic N) is 4. The average molecular weight is 301 g/mol. The molecule has 2 N–H and O–H groups in total. The molecule has 0 saturated carbocycles. The van der Waals surface area contributed by atoms with Crippen molar-refractivity contribution in [1.29, 1.82) is 0 Å². The normalized spacial score (nSPS) is 11.3. The Kier molecular flexibility index (Phi) is 4.73. The van der Waals surface area contributed by atoms with Crippen LogP contribution in [0.1, 0.15) is 5.56 Å². The molecule has 0 saturated heterocycles. The number of aromatic nitrogens is 4. The van der Waals surface area contributed by atoms with Gasteiger partial charge in [0.2, 0.25) is 0 Å². The molecule has 0 spiro atoms. The van der Waals surface area contributed by atoms with Crippen molar-refractivity contribution in [1.82, 2.24) is 20.2 Å². The molecule has 9 heteroatoms. The van der Waals surface area contributed by atoms with E-state index in [2.05, 4.69) is 15.5 Å². The smallest absolute Gasteiger partial charge is 0.261 e. The van der Waals surface area contributed by atoms with E-state index in [1.807, 2.05) is 0 Å². The van der Waals surface area contributed by atoms with Crippen molar-refractivity contribution >= 4 is 5.69 Å². The first-order chi connectivity index (χ1) is 9.99. The monoisotopic (exact) mass is 301 g/mol. The van der Waals surface area contributed by atoms with Gasteiger partial charge in [0.1, 0.15) is 12.4 Å². The van der Waals surface area contributed by atoms with Gasteiger partial charge in [0.05, 0.1) is 13.2 Å². The SMILES string of the molecule is Cc1c(N)cc(-c2nnnn2CCOCC(F)F)cc1F. The summed E-state index contributed by atoms with van der Waals surface area (Å²) in [5.41, 5.74) is 6.75. The highest BCUT2D eigenvalue weighted by Gasteiger charge is 2.13. The number of hydrogen-bond acceptors (Lipinski definition) is 5. The van der Waals surface area contributed by atoms with Crippen LogP contribution in [-0.4, -0.2) is 39.8 Å². The summed E-state index contributed by atoms with van der Waals surface area (Å²) in [6, 6.07) is 2.83. The van der Waals surface area contributed by atoms with Crippen molar-refractivity contribution in [3.63, 3.8) is 0 Å². The second kappa shape index (κ2) is 6.53. The molecule has 0 amide bonds. The molecule has 1 heterocycles. The molecular weight excluding hydrogens is 287 g/mol. The Morgan fingerprint density at radius 2 is 2.14 bits per heavy atom. The number of anilines is 1. The molecule has 0 bridgehead atoms. The molecule has 1 aromatic heterocycles. The first kappa shape index (κ1) is 15.2. The zero-order valence-electron chi connectivity index (χ0n) is 11.3. The van der Waals surface area contributed by atoms with Gasteiger partial charge < -0.3 is 10.5 Å². The van der Waals surface area contributed by atoms with Crippen LogP contribution in [0.25, 0.3) is 11.4 Å². The van der Waals surface area contributed by atoms with Crippen molar-refractivity contribution in [2.75, 3.05) is 18.9 Å². The van der Waals surface area contributed by atoms with E-state index in [9.17, 15) is 13.2 Å². The minimum Gasteiger partial charge on any atom is -0.398 e. The van der Waals surface area contributed by atoms with Crippen LogP contribution in [0.3, 0.4) is 0 Å². The molecule has 0 radical (unpaired) electrons. The third-order valence-electron chi connectivity index (χ3n) is 2.87. The Balaban J connectivity index is 2.13. The lowest BCUT2D eigenvalue weighted by atomic mass is 10.1. The number of rotatable bonds is 6. The fourth-order valence-corrected chi connectivity index (χ4v) is 1.71. The van der Waals surface area contributed by atoms with Crippen molar-refractivity contribution in [2.45, 2.75) is 19.9 Å². The number of tetrazole rings is 1. The quantitative estimate of drug-likeness (QED) is 0.648. The lowest BCUT2D eigenvalue weighted by Crippen LogP contribution is -2.12. The van der Waals surface area contributed by atoms with Gasteiger partial charge in [-0.25, -0.2) is 17.9 Å². The topological polar surface area (TPSA) is 78.9 Å². The van der Waals surface area contributed by atoms with Gasteiger partial charge in [0.15, 0.2) is 5.82 Å². The van der Waals surface area contributed by atoms with E-state index in [0.29, 0.717) is 17.0 Å². The molecule has 0 aliphatic rings. The van der Waals surface area contributed by atoms with Crippen molar-refractivity contribution < 1.29 is 17.9 Å². The molecule has 0 unspecified atom stereocenters. The largest absolute Gasteiger partial charge is 0.398 e. The number of ether oxygens (including phenoxy) is 1. The Morgan fingerprint density at radius 1 is 1.38 bits per heavy atom. The maximum atomic E-state index is 13.7. The summed E-state index contributed by atoms with van der Waals surface area (Å²) in [6.45, 7) is 1.11. The van der Waals surface area contributed by atoms with E-state index in [4.69, 9.17) is 10.5 Å². The van der Waals surface area contributed by atoms with Crippen molar-refractivity contribution in [2.24, 2.45) is 0 Å². The average Bonchev–Trinajstić information content (AvgIpc) is 2.88. The summed E-state index contributed by atoms with van der Waals surface area (Å²) in [4.78, 5) is 0. The third kappa shape index (κ3) is 3.69. The van der Waals surface area contributed by atoms with E-state index in [1.54, 1.807) is 13.0 Å². The fourth-order valence-electron chi connectivity index (χ4n) is 1.71. The Hall–Kier alpha value is -2.16. The summed E-state index contributed by atoms with van der Waals surface area (Å²) in [6.07, 6.45) is -2.52. The summed E-state index contributed by atoms with van der Waals surface area (Å²) < 4.78 is 43.7. The Bertz CT molecular complexity index is 594. The van der Waals surface area contributed by atoms with E-state index >= 15 is 0 Å². The standard InChI is InChI=1S/C12H14F3N5O/c1-7-9(13)4-8(5-10(7)16)12-17-18-19-20(12)2-3-21-6-11(14)15/h4-5,11H,2-3,6,16H2,1H3. The number of nitrogen functional groups attached to an aromatic ring is 1. The van der Waals surface area contributed by atoms with Crippen molar-refractivity contribution in [3.8, 4) is 11.4 Å². The van der Waals surface area contributed by atoms with E-state index in [-0.39, 0.29) is 18.8 Å². The molecule has 0 aliphatic heterocycles. The minimum atomic E-state index is -2.52. The number of halogens is 3. The maximum absolute atomic E-state index is 13.7. The van der Waals surface area contributed by atoms with E-state index in [1.165, 1.54) is 10.7 Å². The van der Waals surface area contributed by atoms with Crippen LogP contribution in [0, 0.1) is 12.7 Å². The van der Waals surface area contributed by atoms with Gasteiger partial charge >= 0.3 is 0 Å². The predicted molar refractivity (Wildman–Crippen MR) is 69.2 cm³/mol. The van der Waals surface area contributed by atoms with Crippen LogP contribution >= 0.6 is 0 Å². The van der Waals surface area contributed by atoms with Gasteiger partial charge in [0.25, 0.3) is 6.43 Å². The minimum absolute atomic E-state index is 0.0200. The molecule has 114 valence electrons. The lowest BCUT2D eigenvalue weighted by molar-refractivity contribution is 0.0140. The molecule has 21 heavy (non-hydrogen) atoms. The third-order valence-corrected chi connectivity index (χ3v) is 2.87. The lowest BCUT2D eigenvalue weighted by Gasteiger charge is -2.08. The highest BCUT2D eigenvalue weighted by atomic mass is 19.3. The van der Waals surface area contributed by atoms with Gasteiger partial charge in [-0.2, -0.15) is 0 Å². The summed E-state index contributed by atoms with van der Waals surface area (Å²) >= 11 is 0. The van der Waals surface area contributed by atoms with Gasteiger partial charge in [0, 0.05) is 16.8 Å². The number of benzene rings is 1. The maximum Gasteiger partial charge on any atom is 0.261 e. The number of nitrogens with two attached hydrogens (primary N) is 1. The predicted octanol–water partition coefficient (Wildman–Crippen LogP) is 1.65. The van der Waals surface area contributed by atoms with Crippen LogP contribution in [-0.2, 0) is 11.3 Å². The first-order valence-corrected chi connectivity index (χ1v) is 6.17. The van der Waals surface area contributed by atoms with Gasteiger partial charge in [-0.15, -0.1) is 5.10 Å². The molecule has 1 aromatic carbocycles. The number of alkyl halides is 2. The van der Waals surface area contributed by atoms with E-state index < -0.39 is 18.8 Å². The highest BCUT2D eigenvalue weighted by Crippen LogP contribution is 2.24. The summed E-state index contributed by atoms with van der Waals surface area (Å²) in [5, 5.41) is 11.0. The number of hydrogen-bond donors (Lipinski definition) is 1. The fraction of sp³-hybridized carbons (Fsp3) is 0.417. The molecule has 0 fully saturated rings. The van der Waals surface area contributed by atoms with Crippen LogP contribution < -0.4 is 5.73 Å². The first-order valence-electron chi connectivity index (χ1n) is 6.17. The van der Waals surface area contributed by atoms with Crippen LogP contribution in [0.2, 0.25) is 0 Å². The van der Waals surface area contributed by atoms with Crippen LogP contribution in [0.4, 0.5) is 18.9 Å². The van der Waals surface area contributed by atoms with Crippen molar-refractivity contribution in [3.05, 3.63) is 23.5 Å². The molecule has 0 aliphatic carbocycles. The van der Waals surface area contributed by atoms with Gasteiger partial charge in [-0.1, -0.05) is 0 Å². The molecule has 0 atom stereocenters. The second-order valence-corrected chi connectivity index (χ2v) is 4.36. The Morgan fingerprint density at radius 3 is 2.81 bits per heavy atom. The summed E-state index contributed by atoms with van der Waals surface area (Å²) in [7, 11) is 0. The van der Waals surface area contributed by atoms with Crippen LogP contribution in [0.5, 0.6) is 0 Å². The zero-order valence-corrected chi connectivity index (χ0v) is 11.3. The Labute approximate surface area is 118 Å². The van der Waals surface area contributed by atoms with Gasteiger partial charge in [-0.3, -0.25) is 0 Å². The zero-order chi connectivity index (χ0) is 15.4. The summed E-state index contributed by atoms with van der Waals surface area (Å²) in [5.74, 6) is -0.172. The second-order valence-electron chi connectivity index (χ2n) is 4.36. The molecule has 6 nitrogen and oxygen atoms in total. The molecule has 2 aromatic rings. The van der Waals surface area contributed by atoms with E-state index in [0.717, 1.165) is 0 Å². The van der Waals surface area contributed by atoms with Gasteiger partial charge in [-0.05, 0) is 29.5 Å². The molecule has 2 rings (SSSR count). The van der Waals surface area contributed by atoms with Crippen LogP contribution in [0.15, 0.2) is 12.1 Å². The highest BCUT2D eigenvalue weighted by molar-refractivity contribution is 5.63. The molecular formula is C12H14F3N5O.